The summed E-state index contributed by atoms with van der Waals surface area (Å²) >= 11 is 1.86. The smallest absolute Gasteiger partial charge is 0.107 e. The van der Waals surface area contributed by atoms with Crippen molar-refractivity contribution in [3.8, 4) is 0 Å². The summed E-state index contributed by atoms with van der Waals surface area (Å²) in [7, 11) is 0. The monoisotopic (exact) mass is 293 g/mol. The Hall–Kier alpha value is -0.450. The van der Waals surface area contributed by atoms with Crippen molar-refractivity contribution in [2.24, 2.45) is 5.92 Å². The molecule has 1 aliphatic carbocycles. The van der Waals surface area contributed by atoms with Crippen LogP contribution in [0.1, 0.15) is 49.2 Å². The van der Waals surface area contributed by atoms with Crippen LogP contribution in [0.2, 0.25) is 0 Å². The van der Waals surface area contributed by atoms with Gasteiger partial charge in [0.05, 0.1) is 12.2 Å². The van der Waals surface area contributed by atoms with E-state index in [0.29, 0.717) is 5.54 Å². The van der Waals surface area contributed by atoms with E-state index >= 15 is 0 Å². The molecule has 3 nitrogen and oxygen atoms in total. The Morgan fingerprint density at radius 1 is 1.30 bits per heavy atom. The standard InChI is InChI=1S/C16H27N3S/c1-11-12(2)20-14(18-11)8-19-10-16(5,13-6-7-13)17-9-15(19,3)4/h13,17H,6-10H2,1-5H3. The molecule has 1 aliphatic heterocycles. The number of thiazole rings is 1. The van der Waals surface area contributed by atoms with Gasteiger partial charge in [-0.25, -0.2) is 4.98 Å². The largest absolute Gasteiger partial charge is 0.308 e. The van der Waals surface area contributed by atoms with Gasteiger partial charge in [-0.05, 0) is 53.4 Å². The fourth-order valence-corrected chi connectivity index (χ4v) is 4.18. The van der Waals surface area contributed by atoms with E-state index in [2.05, 4.69) is 44.8 Å². The molecule has 1 unspecified atom stereocenters. The molecular weight excluding hydrogens is 266 g/mol. The Balaban J connectivity index is 1.77. The number of rotatable bonds is 3. The third-order valence-electron chi connectivity index (χ3n) is 5.18. The first kappa shape index (κ1) is 14.5. The average molecular weight is 293 g/mol. The lowest BCUT2D eigenvalue weighted by Gasteiger charge is -2.51. The van der Waals surface area contributed by atoms with E-state index < -0.39 is 0 Å². The van der Waals surface area contributed by atoms with Crippen LogP contribution in [0.4, 0.5) is 0 Å². The second-order valence-electron chi connectivity index (χ2n) is 7.46. The summed E-state index contributed by atoms with van der Waals surface area (Å²) in [5, 5.41) is 5.09. The van der Waals surface area contributed by atoms with E-state index in [1.54, 1.807) is 0 Å². The molecular formula is C16H27N3S. The maximum atomic E-state index is 4.73. The van der Waals surface area contributed by atoms with E-state index in [0.717, 1.165) is 25.6 Å². The van der Waals surface area contributed by atoms with Gasteiger partial charge in [-0.15, -0.1) is 11.3 Å². The third kappa shape index (κ3) is 2.66. The fourth-order valence-electron chi connectivity index (χ4n) is 3.23. The van der Waals surface area contributed by atoms with Crippen molar-refractivity contribution in [1.82, 2.24) is 15.2 Å². The first-order valence-corrected chi connectivity index (χ1v) is 8.55. The molecule has 20 heavy (non-hydrogen) atoms. The van der Waals surface area contributed by atoms with Crippen LogP contribution in [0, 0.1) is 19.8 Å². The van der Waals surface area contributed by atoms with Crippen molar-refractivity contribution in [2.75, 3.05) is 13.1 Å². The molecule has 2 aliphatic rings. The molecule has 1 aromatic heterocycles. The summed E-state index contributed by atoms with van der Waals surface area (Å²) in [5.74, 6) is 0.876. The minimum atomic E-state index is 0.210. The first-order valence-electron chi connectivity index (χ1n) is 7.73. The zero-order chi connectivity index (χ0) is 14.5. The van der Waals surface area contributed by atoms with Crippen LogP contribution in [0.3, 0.4) is 0 Å². The summed E-state index contributed by atoms with van der Waals surface area (Å²) in [6.07, 6.45) is 2.79. The predicted octanol–water partition coefficient (Wildman–Crippen LogP) is 3.11. The quantitative estimate of drug-likeness (QED) is 0.928. The van der Waals surface area contributed by atoms with Crippen molar-refractivity contribution in [1.29, 1.82) is 0 Å². The molecule has 0 radical (unpaired) electrons. The maximum absolute atomic E-state index is 4.73. The number of hydrogen-bond donors (Lipinski definition) is 1. The number of nitrogens with zero attached hydrogens (tertiary/aromatic N) is 2. The minimum absolute atomic E-state index is 0.210. The Morgan fingerprint density at radius 2 is 2.00 bits per heavy atom. The second kappa shape index (κ2) is 4.79. The van der Waals surface area contributed by atoms with E-state index in [1.807, 2.05) is 11.3 Å². The van der Waals surface area contributed by atoms with Crippen molar-refractivity contribution < 1.29 is 0 Å². The molecule has 0 bridgehead atoms. The fraction of sp³-hybridized carbons (Fsp3) is 0.812. The predicted molar refractivity (Wildman–Crippen MR) is 85.2 cm³/mol. The first-order chi connectivity index (χ1) is 9.30. The van der Waals surface area contributed by atoms with Crippen LogP contribution in [0.25, 0.3) is 0 Å². The number of piperazine rings is 1. The second-order valence-corrected chi connectivity index (χ2v) is 8.75. The highest BCUT2D eigenvalue weighted by Crippen LogP contribution is 2.42. The van der Waals surface area contributed by atoms with Gasteiger partial charge in [0, 0.05) is 29.0 Å². The van der Waals surface area contributed by atoms with Gasteiger partial charge in [-0.1, -0.05) is 0 Å². The lowest BCUT2D eigenvalue weighted by molar-refractivity contribution is 0.0177. The minimum Gasteiger partial charge on any atom is -0.308 e. The van der Waals surface area contributed by atoms with E-state index in [9.17, 15) is 0 Å². The van der Waals surface area contributed by atoms with Crippen LogP contribution >= 0.6 is 11.3 Å². The maximum Gasteiger partial charge on any atom is 0.107 e. The molecule has 0 amide bonds. The van der Waals surface area contributed by atoms with Gasteiger partial charge in [-0.3, -0.25) is 4.90 Å². The lowest BCUT2D eigenvalue weighted by atomic mass is 9.86. The third-order valence-corrected chi connectivity index (χ3v) is 6.24. The zero-order valence-corrected chi connectivity index (χ0v) is 14.2. The van der Waals surface area contributed by atoms with Crippen molar-refractivity contribution in [2.45, 2.75) is 65.1 Å². The molecule has 0 aromatic carbocycles. The highest BCUT2D eigenvalue weighted by Gasteiger charge is 2.48. The zero-order valence-electron chi connectivity index (χ0n) is 13.4. The molecule has 0 spiro atoms. The highest BCUT2D eigenvalue weighted by molar-refractivity contribution is 7.11. The molecule has 1 atom stereocenters. The van der Waals surface area contributed by atoms with Crippen LogP contribution in [-0.4, -0.2) is 34.1 Å². The van der Waals surface area contributed by atoms with Crippen LogP contribution in [0.5, 0.6) is 0 Å². The number of aromatic nitrogens is 1. The highest BCUT2D eigenvalue weighted by atomic mass is 32.1. The normalized spacial score (nSPS) is 30.6. The molecule has 4 heteroatoms. The molecule has 2 fully saturated rings. The van der Waals surface area contributed by atoms with Gasteiger partial charge in [-0.2, -0.15) is 0 Å². The molecule has 2 heterocycles. The van der Waals surface area contributed by atoms with E-state index in [1.165, 1.54) is 28.4 Å². The van der Waals surface area contributed by atoms with E-state index in [-0.39, 0.29) is 5.54 Å². The number of hydrogen-bond acceptors (Lipinski definition) is 4. The molecule has 1 N–H and O–H groups in total. The van der Waals surface area contributed by atoms with E-state index in [4.69, 9.17) is 4.98 Å². The summed E-state index contributed by atoms with van der Waals surface area (Å²) in [4.78, 5) is 8.73. The number of nitrogens with one attached hydrogen (secondary N) is 1. The molecule has 3 rings (SSSR count). The summed E-state index contributed by atoms with van der Waals surface area (Å²) in [6, 6.07) is 0. The molecule has 1 saturated heterocycles. The van der Waals surface area contributed by atoms with Gasteiger partial charge in [0.15, 0.2) is 0 Å². The Labute approximate surface area is 126 Å². The van der Waals surface area contributed by atoms with Crippen molar-refractivity contribution in [3.63, 3.8) is 0 Å². The molecule has 1 aromatic rings. The summed E-state index contributed by atoms with van der Waals surface area (Å²) in [5.41, 5.74) is 1.71. The number of aryl methyl sites for hydroxylation is 2. The molecule has 1 saturated carbocycles. The van der Waals surface area contributed by atoms with Crippen molar-refractivity contribution >= 4 is 11.3 Å². The topological polar surface area (TPSA) is 28.2 Å². The molecule has 112 valence electrons. The van der Waals surface area contributed by atoms with Crippen molar-refractivity contribution in [3.05, 3.63) is 15.6 Å². The average Bonchev–Trinajstić information content (AvgIpc) is 3.15. The summed E-state index contributed by atoms with van der Waals surface area (Å²) < 4.78 is 0. The summed E-state index contributed by atoms with van der Waals surface area (Å²) in [6.45, 7) is 14.6. The van der Waals surface area contributed by atoms with Crippen LogP contribution < -0.4 is 5.32 Å². The Bertz CT molecular complexity index is 484. The Kier molecular flexibility index (Phi) is 3.47. The van der Waals surface area contributed by atoms with Gasteiger partial charge in [0.25, 0.3) is 0 Å². The van der Waals surface area contributed by atoms with Crippen LogP contribution in [-0.2, 0) is 6.54 Å². The van der Waals surface area contributed by atoms with Crippen LogP contribution in [0.15, 0.2) is 0 Å². The van der Waals surface area contributed by atoms with Gasteiger partial charge in [0.2, 0.25) is 0 Å². The lowest BCUT2D eigenvalue weighted by Crippen LogP contribution is -2.67. The Morgan fingerprint density at radius 3 is 2.55 bits per heavy atom. The SMILES string of the molecule is Cc1nc(CN2CC(C)(C3CC3)NCC2(C)C)sc1C. The van der Waals surface area contributed by atoms with Gasteiger partial charge < -0.3 is 5.32 Å². The van der Waals surface area contributed by atoms with Gasteiger partial charge in [0.1, 0.15) is 5.01 Å². The van der Waals surface area contributed by atoms with Gasteiger partial charge >= 0.3 is 0 Å².